The maximum atomic E-state index is 10.0. The highest BCUT2D eigenvalue weighted by molar-refractivity contribution is 9.10. The minimum Gasteiger partial charge on any atom is -0.393 e. The van der Waals surface area contributed by atoms with Gasteiger partial charge < -0.3 is 5.11 Å². The van der Waals surface area contributed by atoms with Gasteiger partial charge in [-0.15, -0.1) is 0 Å². The molecule has 1 N–H and O–H groups in total. The van der Waals surface area contributed by atoms with E-state index in [1.54, 1.807) is 0 Å². The molecule has 0 aliphatic rings. The topological polar surface area (TPSA) is 20.2 Å². The molecule has 1 aromatic rings. The number of rotatable bonds is 10. The second-order valence-electron chi connectivity index (χ2n) is 5.40. The first-order valence-electron chi connectivity index (χ1n) is 7.65. The lowest BCUT2D eigenvalue weighted by molar-refractivity contribution is 0.161. The van der Waals surface area contributed by atoms with E-state index in [0.717, 1.165) is 23.7 Å². The number of hydrogen-bond acceptors (Lipinski definition) is 1. The summed E-state index contributed by atoms with van der Waals surface area (Å²) in [6.45, 7) is 2.25. The molecule has 0 spiro atoms. The molecule has 0 amide bonds. The molecule has 19 heavy (non-hydrogen) atoms. The van der Waals surface area contributed by atoms with Crippen molar-refractivity contribution in [3.05, 3.63) is 34.3 Å². The Morgan fingerprint density at radius 1 is 1.05 bits per heavy atom. The SMILES string of the molecule is CCCCCCCCCC(O)Cc1cccc(Br)c1. The molecule has 1 aromatic carbocycles. The molecule has 108 valence electrons. The lowest BCUT2D eigenvalue weighted by Gasteiger charge is -2.10. The van der Waals surface area contributed by atoms with Crippen LogP contribution in [0.25, 0.3) is 0 Å². The predicted molar refractivity (Wildman–Crippen MR) is 86.5 cm³/mol. The Kier molecular flexibility index (Phi) is 9.19. The molecule has 0 fully saturated rings. The fourth-order valence-corrected chi connectivity index (χ4v) is 2.82. The number of halogens is 1. The maximum absolute atomic E-state index is 10.0. The van der Waals surface area contributed by atoms with Gasteiger partial charge in [0.1, 0.15) is 0 Å². The first-order valence-corrected chi connectivity index (χ1v) is 8.44. The molecular formula is C17H27BrO. The van der Waals surface area contributed by atoms with E-state index in [-0.39, 0.29) is 6.10 Å². The van der Waals surface area contributed by atoms with E-state index >= 15 is 0 Å². The van der Waals surface area contributed by atoms with Crippen LogP contribution in [-0.2, 0) is 6.42 Å². The van der Waals surface area contributed by atoms with Crippen LogP contribution in [0, 0.1) is 0 Å². The van der Waals surface area contributed by atoms with E-state index < -0.39 is 0 Å². The molecule has 1 rings (SSSR count). The zero-order chi connectivity index (χ0) is 13.9. The van der Waals surface area contributed by atoms with Crippen molar-refractivity contribution in [3.63, 3.8) is 0 Å². The summed E-state index contributed by atoms with van der Waals surface area (Å²) in [5.41, 5.74) is 1.21. The van der Waals surface area contributed by atoms with Gasteiger partial charge in [0.15, 0.2) is 0 Å². The Balaban J connectivity index is 2.06. The third-order valence-corrected chi connectivity index (χ3v) is 3.99. The maximum Gasteiger partial charge on any atom is 0.0580 e. The Hall–Kier alpha value is -0.340. The second-order valence-corrected chi connectivity index (χ2v) is 6.31. The number of aliphatic hydroxyl groups is 1. The fourth-order valence-electron chi connectivity index (χ4n) is 2.38. The molecule has 1 unspecified atom stereocenters. The van der Waals surface area contributed by atoms with Gasteiger partial charge in [-0.1, -0.05) is 79.9 Å². The van der Waals surface area contributed by atoms with Gasteiger partial charge in [-0.05, 0) is 30.5 Å². The van der Waals surface area contributed by atoms with Crippen molar-refractivity contribution in [1.29, 1.82) is 0 Å². The Morgan fingerprint density at radius 2 is 1.74 bits per heavy atom. The van der Waals surface area contributed by atoms with E-state index in [0.29, 0.717) is 0 Å². The lowest BCUT2D eigenvalue weighted by atomic mass is 10.0. The van der Waals surface area contributed by atoms with Gasteiger partial charge in [0.05, 0.1) is 6.10 Å². The molecule has 0 aliphatic heterocycles. The van der Waals surface area contributed by atoms with E-state index in [4.69, 9.17) is 0 Å². The van der Waals surface area contributed by atoms with E-state index in [2.05, 4.69) is 35.0 Å². The smallest absolute Gasteiger partial charge is 0.0580 e. The normalized spacial score (nSPS) is 12.6. The Morgan fingerprint density at radius 3 is 2.42 bits per heavy atom. The molecule has 0 radical (unpaired) electrons. The van der Waals surface area contributed by atoms with Gasteiger partial charge in [-0.3, -0.25) is 0 Å². The molecule has 0 bridgehead atoms. The highest BCUT2D eigenvalue weighted by Gasteiger charge is 2.05. The minimum atomic E-state index is -0.190. The summed E-state index contributed by atoms with van der Waals surface area (Å²) in [5.74, 6) is 0. The fraction of sp³-hybridized carbons (Fsp3) is 0.647. The molecule has 1 atom stereocenters. The van der Waals surface area contributed by atoms with Crippen LogP contribution in [0.5, 0.6) is 0 Å². The van der Waals surface area contributed by atoms with Crippen LogP contribution in [0.1, 0.15) is 63.9 Å². The van der Waals surface area contributed by atoms with Crippen molar-refractivity contribution in [1.82, 2.24) is 0 Å². The van der Waals surface area contributed by atoms with E-state index in [9.17, 15) is 5.11 Å². The molecule has 0 saturated heterocycles. The standard InChI is InChI=1S/C17H27BrO/c1-2-3-4-5-6-7-8-12-17(19)14-15-10-9-11-16(18)13-15/h9-11,13,17,19H,2-8,12,14H2,1H3. The third-order valence-electron chi connectivity index (χ3n) is 3.50. The van der Waals surface area contributed by atoms with Gasteiger partial charge in [-0.25, -0.2) is 0 Å². The van der Waals surface area contributed by atoms with Gasteiger partial charge in [0, 0.05) is 4.47 Å². The summed E-state index contributed by atoms with van der Waals surface area (Å²) < 4.78 is 1.09. The Labute approximate surface area is 126 Å². The zero-order valence-electron chi connectivity index (χ0n) is 12.1. The largest absolute Gasteiger partial charge is 0.393 e. The van der Waals surface area contributed by atoms with Crippen LogP contribution in [0.3, 0.4) is 0 Å². The predicted octanol–water partition coefficient (Wildman–Crippen LogP) is 5.49. The molecule has 0 heterocycles. The minimum absolute atomic E-state index is 0.190. The van der Waals surface area contributed by atoms with Crippen molar-refractivity contribution in [3.8, 4) is 0 Å². The van der Waals surface area contributed by atoms with Crippen LogP contribution in [-0.4, -0.2) is 11.2 Å². The van der Waals surface area contributed by atoms with Crippen LogP contribution in [0.15, 0.2) is 28.7 Å². The number of hydrogen-bond donors (Lipinski definition) is 1. The van der Waals surface area contributed by atoms with Crippen molar-refractivity contribution >= 4 is 15.9 Å². The highest BCUT2D eigenvalue weighted by atomic mass is 79.9. The molecular weight excluding hydrogens is 300 g/mol. The number of benzene rings is 1. The van der Waals surface area contributed by atoms with Crippen LogP contribution in [0.2, 0.25) is 0 Å². The molecule has 0 saturated carbocycles. The summed E-state index contributed by atoms with van der Waals surface area (Å²) in [5, 5.41) is 10.0. The first kappa shape index (κ1) is 16.7. The third kappa shape index (κ3) is 8.43. The molecule has 0 aliphatic carbocycles. The average Bonchev–Trinajstić information content (AvgIpc) is 2.37. The van der Waals surface area contributed by atoms with E-state index in [1.807, 2.05) is 12.1 Å². The van der Waals surface area contributed by atoms with Crippen molar-refractivity contribution in [2.24, 2.45) is 0 Å². The number of aliphatic hydroxyl groups excluding tert-OH is 1. The number of unbranched alkanes of at least 4 members (excludes halogenated alkanes) is 6. The average molecular weight is 327 g/mol. The van der Waals surface area contributed by atoms with Crippen molar-refractivity contribution in [2.75, 3.05) is 0 Å². The quantitative estimate of drug-likeness (QED) is 0.563. The lowest BCUT2D eigenvalue weighted by Crippen LogP contribution is -2.10. The first-order chi connectivity index (χ1) is 9.22. The molecule has 2 heteroatoms. The Bertz CT molecular complexity index is 338. The zero-order valence-corrected chi connectivity index (χ0v) is 13.7. The summed E-state index contributed by atoms with van der Waals surface area (Å²) in [7, 11) is 0. The van der Waals surface area contributed by atoms with Gasteiger partial charge in [0.25, 0.3) is 0 Å². The van der Waals surface area contributed by atoms with Gasteiger partial charge in [-0.2, -0.15) is 0 Å². The van der Waals surface area contributed by atoms with Gasteiger partial charge >= 0.3 is 0 Å². The van der Waals surface area contributed by atoms with Gasteiger partial charge in [0.2, 0.25) is 0 Å². The molecule has 1 nitrogen and oxygen atoms in total. The van der Waals surface area contributed by atoms with Crippen LogP contribution < -0.4 is 0 Å². The van der Waals surface area contributed by atoms with Crippen molar-refractivity contribution < 1.29 is 5.11 Å². The summed E-state index contributed by atoms with van der Waals surface area (Å²) in [6.07, 6.45) is 10.7. The highest BCUT2D eigenvalue weighted by Crippen LogP contribution is 2.15. The molecule has 0 aromatic heterocycles. The van der Waals surface area contributed by atoms with Crippen molar-refractivity contribution in [2.45, 2.75) is 70.8 Å². The van der Waals surface area contributed by atoms with E-state index in [1.165, 1.54) is 44.1 Å². The summed E-state index contributed by atoms with van der Waals surface area (Å²) in [6, 6.07) is 8.22. The summed E-state index contributed by atoms with van der Waals surface area (Å²) >= 11 is 3.46. The summed E-state index contributed by atoms with van der Waals surface area (Å²) in [4.78, 5) is 0. The van der Waals surface area contributed by atoms with Crippen LogP contribution in [0.4, 0.5) is 0 Å². The second kappa shape index (κ2) is 10.4. The monoisotopic (exact) mass is 326 g/mol. The van der Waals surface area contributed by atoms with Crippen LogP contribution >= 0.6 is 15.9 Å².